The number of ether oxygens (including phenoxy) is 1. The highest BCUT2D eigenvalue weighted by Crippen LogP contribution is 2.44. The molecule has 4 rings (SSSR count). The van der Waals surface area contributed by atoms with Gasteiger partial charge in [-0.1, -0.05) is 48.5 Å². The Morgan fingerprint density at radius 2 is 1.65 bits per heavy atom. The Bertz CT molecular complexity index is 1060. The second kappa shape index (κ2) is 9.36. The molecule has 0 bridgehead atoms. The van der Waals surface area contributed by atoms with E-state index in [-0.39, 0.29) is 25.5 Å². The Morgan fingerprint density at radius 1 is 1.06 bits per heavy atom. The number of nitrogens with one attached hydrogen (secondary N) is 1. The molecule has 2 unspecified atom stereocenters. The first-order valence-corrected chi connectivity index (χ1v) is 10.9. The third-order valence-electron chi connectivity index (χ3n) is 6.31. The van der Waals surface area contributed by atoms with Gasteiger partial charge in [0.15, 0.2) is 5.92 Å². The smallest absolute Gasteiger partial charge is 0.407 e. The number of alkyl halides is 3. The molecule has 2 aromatic rings. The molecule has 34 heavy (non-hydrogen) atoms. The van der Waals surface area contributed by atoms with Crippen LogP contribution >= 0.6 is 0 Å². The molecule has 2 aromatic carbocycles. The molecule has 2 aliphatic rings. The highest BCUT2D eigenvalue weighted by Gasteiger charge is 2.49. The van der Waals surface area contributed by atoms with Crippen LogP contribution in [0.15, 0.2) is 48.5 Å². The zero-order valence-electron chi connectivity index (χ0n) is 18.0. The molecule has 10 heteroatoms. The van der Waals surface area contributed by atoms with Crippen molar-refractivity contribution in [2.45, 2.75) is 31.0 Å². The van der Waals surface area contributed by atoms with Gasteiger partial charge in [0.25, 0.3) is 0 Å². The van der Waals surface area contributed by atoms with E-state index in [0.29, 0.717) is 6.42 Å². The Morgan fingerprint density at radius 3 is 2.21 bits per heavy atom. The van der Waals surface area contributed by atoms with Gasteiger partial charge in [-0.3, -0.25) is 4.79 Å². The number of rotatable bonds is 6. The van der Waals surface area contributed by atoms with Crippen LogP contribution in [0.1, 0.15) is 29.9 Å². The summed E-state index contributed by atoms with van der Waals surface area (Å²) in [6.45, 7) is -1.20. The highest BCUT2D eigenvalue weighted by molar-refractivity contribution is 5.86. The van der Waals surface area contributed by atoms with Crippen molar-refractivity contribution in [3.63, 3.8) is 0 Å². The van der Waals surface area contributed by atoms with Crippen LogP contribution in [0.3, 0.4) is 0 Å². The van der Waals surface area contributed by atoms with Gasteiger partial charge in [-0.15, -0.1) is 0 Å². The van der Waals surface area contributed by atoms with E-state index in [2.05, 4.69) is 0 Å². The van der Waals surface area contributed by atoms with Crippen LogP contribution in [0.5, 0.6) is 0 Å². The van der Waals surface area contributed by atoms with Gasteiger partial charge in [0.05, 0.1) is 0 Å². The first-order valence-electron chi connectivity index (χ1n) is 10.9. The van der Waals surface area contributed by atoms with Gasteiger partial charge in [0.2, 0.25) is 5.91 Å². The average Bonchev–Trinajstić information content (AvgIpc) is 3.40. The van der Waals surface area contributed by atoms with Crippen LogP contribution in [0.2, 0.25) is 0 Å². The van der Waals surface area contributed by atoms with Crippen molar-refractivity contribution in [2.75, 3.05) is 19.7 Å². The SMILES string of the molecule is O=C(NCC(C(=O)N1CCCC1C(=O)O)C(F)(F)F)OCC1c2ccccc2-c2ccccc21. The summed E-state index contributed by atoms with van der Waals surface area (Å²) < 4.78 is 46.0. The maximum absolute atomic E-state index is 13.6. The van der Waals surface area contributed by atoms with E-state index < -0.39 is 42.7 Å². The number of benzene rings is 2. The maximum Gasteiger partial charge on any atom is 0.407 e. The molecule has 0 radical (unpaired) electrons. The fraction of sp³-hybridized carbons (Fsp3) is 0.375. The zero-order chi connectivity index (χ0) is 24.5. The van der Waals surface area contributed by atoms with Crippen molar-refractivity contribution in [3.05, 3.63) is 59.7 Å². The molecule has 0 saturated carbocycles. The van der Waals surface area contributed by atoms with Gasteiger partial charge in [0.1, 0.15) is 12.6 Å². The third kappa shape index (κ3) is 4.57. The molecule has 1 saturated heterocycles. The lowest BCUT2D eigenvalue weighted by Gasteiger charge is -2.28. The second-order valence-electron chi connectivity index (χ2n) is 8.33. The normalized spacial score (nSPS) is 18.2. The average molecular weight is 476 g/mol. The lowest BCUT2D eigenvalue weighted by molar-refractivity contribution is -0.189. The molecule has 1 fully saturated rings. The van der Waals surface area contributed by atoms with Gasteiger partial charge in [0, 0.05) is 19.0 Å². The minimum Gasteiger partial charge on any atom is -0.480 e. The quantitative estimate of drug-likeness (QED) is 0.662. The molecule has 1 aliphatic carbocycles. The van der Waals surface area contributed by atoms with Crippen molar-refractivity contribution < 1.29 is 37.4 Å². The number of alkyl carbamates (subject to hydrolysis) is 1. The number of aliphatic carboxylic acids is 1. The van der Waals surface area contributed by atoms with Crippen molar-refractivity contribution in [1.29, 1.82) is 0 Å². The molecule has 1 aliphatic heterocycles. The van der Waals surface area contributed by atoms with E-state index in [0.717, 1.165) is 27.2 Å². The number of halogens is 3. The summed E-state index contributed by atoms with van der Waals surface area (Å²) in [7, 11) is 0. The molecule has 2 amide bonds. The van der Waals surface area contributed by atoms with Crippen molar-refractivity contribution in [1.82, 2.24) is 10.2 Å². The standard InChI is InChI=1S/C24H23F3N2O5/c25-24(26,27)19(21(30)29-11-5-10-20(29)22(31)32)12-28-23(33)34-13-18-16-8-3-1-6-14(16)15-7-2-4-9-17(15)18/h1-4,6-9,18-20H,5,10-13H2,(H,28,33)(H,31,32). The summed E-state index contributed by atoms with van der Waals surface area (Å²) in [6, 6.07) is 14.0. The topological polar surface area (TPSA) is 95.9 Å². The minimum atomic E-state index is -4.96. The fourth-order valence-electron chi connectivity index (χ4n) is 4.67. The number of hydrogen-bond donors (Lipinski definition) is 2. The van der Waals surface area contributed by atoms with Gasteiger partial charge >= 0.3 is 18.2 Å². The van der Waals surface area contributed by atoms with E-state index in [1.54, 1.807) is 0 Å². The van der Waals surface area contributed by atoms with Gasteiger partial charge in [-0.05, 0) is 35.1 Å². The Balaban J connectivity index is 1.40. The van der Waals surface area contributed by atoms with E-state index >= 15 is 0 Å². The van der Waals surface area contributed by atoms with Crippen LogP contribution in [0, 0.1) is 5.92 Å². The number of amides is 2. The molecule has 0 aromatic heterocycles. The summed E-state index contributed by atoms with van der Waals surface area (Å²) in [6.07, 6.45) is -5.65. The number of carbonyl (C=O) groups is 3. The highest BCUT2D eigenvalue weighted by atomic mass is 19.4. The molecule has 1 heterocycles. The fourth-order valence-corrected chi connectivity index (χ4v) is 4.67. The largest absolute Gasteiger partial charge is 0.480 e. The summed E-state index contributed by atoms with van der Waals surface area (Å²) in [4.78, 5) is 36.8. The van der Waals surface area contributed by atoms with Gasteiger partial charge in [-0.2, -0.15) is 13.2 Å². The van der Waals surface area contributed by atoms with E-state index in [1.165, 1.54) is 0 Å². The number of fused-ring (bicyclic) bond motifs is 3. The van der Waals surface area contributed by atoms with Crippen molar-refractivity contribution in [2.24, 2.45) is 5.92 Å². The Hall–Kier alpha value is -3.56. The van der Waals surface area contributed by atoms with Crippen LogP contribution in [0.4, 0.5) is 18.0 Å². The second-order valence-corrected chi connectivity index (χ2v) is 8.33. The van der Waals surface area contributed by atoms with Crippen LogP contribution in [-0.4, -0.2) is 59.9 Å². The predicted molar refractivity (Wildman–Crippen MR) is 115 cm³/mol. The maximum atomic E-state index is 13.6. The van der Waals surface area contributed by atoms with E-state index in [9.17, 15) is 32.7 Å². The van der Waals surface area contributed by atoms with Crippen LogP contribution < -0.4 is 5.32 Å². The van der Waals surface area contributed by atoms with Crippen molar-refractivity contribution in [3.8, 4) is 11.1 Å². The first-order chi connectivity index (χ1) is 16.2. The Kier molecular flexibility index (Phi) is 6.49. The lowest BCUT2D eigenvalue weighted by Crippen LogP contribution is -2.51. The molecule has 7 nitrogen and oxygen atoms in total. The van der Waals surface area contributed by atoms with E-state index in [4.69, 9.17) is 4.74 Å². The summed E-state index contributed by atoms with van der Waals surface area (Å²) in [5.74, 6) is -5.54. The number of hydrogen-bond acceptors (Lipinski definition) is 4. The summed E-state index contributed by atoms with van der Waals surface area (Å²) in [5, 5.41) is 11.2. The minimum absolute atomic E-state index is 0.0761. The Labute approximate surface area is 193 Å². The number of likely N-dealkylation sites (tertiary alicyclic amines) is 1. The molecular weight excluding hydrogens is 453 g/mol. The number of carbonyl (C=O) groups excluding carboxylic acids is 2. The molecule has 2 atom stereocenters. The third-order valence-corrected chi connectivity index (χ3v) is 6.31. The van der Waals surface area contributed by atoms with Crippen LogP contribution in [0.25, 0.3) is 11.1 Å². The lowest BCUT2D eigenvalue weighted by atomic mass is 9.98. The van der Waals surface area contributed by atoms with Crippen molar-refractivity contribution >= 4 is 18.0 Å². The van der Waals surface area contributed by atoms with Gasteiger partial charge in [-0.25, -0.2) is 9.59 Å². The predicted octanol–water partition coefficient (Wildman–Crippen LogP) is 3.78. The molecular formula is C24H23F3N2O5. The monoisotopic (exact) mass is 476 g/mol. The molecule has 2 N–H and O–H groups in total. The van der Waals surface area contributed by atoms with Crippen LogP contribution in [-0.2, 0) is 14.3 Å². The van der Waals surface area contributed by atoms with E-state index in [1.807, 2.05) is 53.8 Å². The summed E-state index contributed by atoms with van der Waals surface area (Å²) in [5.41, 5.74) is 3.92. The number of carboxylic acid groups (broad SMARTS) is 1. The zero-order valence-corrected chi connectivity index (χ0v) is 18.0. The summed E-state index contributed by atoms with van der Waals surface area (Å²) >= 11 is 0. The first kappa shape index (κ1) is 23.6. The molecule has 0 spiro atoms. The van der Waals surface area contributed by atoms with Gasteiger partial charge < -0.3 is 20.1 Å². The number of carboxylic acids is 1. The molecule has 180 valence electrons. The number of nitrogens with zero attached hydrogens (tertiary/aromatic N) is 1.